The summed E-state index contributed by atoms with van der Waals surface area (Å²) in [7, 11) is 0. The molecule has 0 unspecified atom stereocenters. The second-order valence-corrected chi connectivity index (χ2v) is 2.11. The van der Waals surface area contributed by atoms with Gasteiger partial charge in [-0.2, -0.15) is 0 Å². The zero-order chi connectivity index (χ0) is 8.69. The number of rotatable bonds is 3. The normalized spacial score (nSPS) is 7.91. The molecule has 0 fully saturated rings. The Kier molecular flexibility index (Phi) is 4.86. The molecule has 0 radical (unpaired) electrons. The Hall–Kier alpha value is -1.28. The van der Waals surface area contributed by atoms with Gasteiger partial charge >= 0.3 is 0 Å². The van der Waals surface area contributed by atoms with Crippen molar-refractivity contribution in [1.29, 1.82) is 0 Å². The van der Waals surface area contributed by atoms with Crippen LogP contribution >= 0.6 is 12.2 Å². The van der Waals surface area contributed by atoms with Crippen LogP contribution in [-0.4, -0.2) is 24.1 Å². The Labute approximate surface area is 70.5 Å². The van der Waals surface area contributed by atoms with E-state index in [1.807, 2.05) is 0 Å². The molecule has 0 aromatic rings. The van der Waals surface area contributed by atoms with Gasteiger partial charge in [-0.3, -0.25) is 4.79 Å². The van der Waals surface area contributed by atoms with E-state index in [-0.39, 0.29) is 6.54 Å². The Balaban J connectivity index is 3.39. The highest BCUT2D eigenvalue weighted by atomic mass is 32.1. The first kappa shape index (κ1) is 9.72. The maximum atomic E-state index is 10.2. The summed E-state index contributed by atoms with van der Waals surface area (Å²) in [5.41, 5.74) is 4.84. The number of hydrogen-bond acceptors (Lipinski definition) is 2. The minimum Gasteiger partial charge on any atom is -0.368 e. The molecular weight excluding hydrogens is 162 g/mol. The molecular formula is C6H9N3OS. The fourth-order valence-electron chi connectivity index (χ4n) is 0.361. The molecule has 0 aliphatic heterocycles. The summed E-state index contributed by atoms with van der Waals surface area (Å²) < 4.78 is 0. The lowest BCUT2D eigenvalue weighted by Gasteiger charge is -2.04. The van der Waals surface area contributed by atoms with Crippen LogP contribution in [0.2, 0.25) is 0 Å². The summed E-state index contributed by atoms with van der Waals surface area (Å²) in [5.74, 6) is 1.87. The predicted octanol–water partition coefficient (Wildman–Crippen LogP) is -1.43. The van der Waals surface area contributed by atoms with E-state index in [0.29, 0.717) is 11.7 Å². The van der Waals surface area contributed by atoms with Crippen LogP contribution in [0.25, 0.3) is 0 Å². The van der Waals surface area contributed by atoms with Gasteiger partial charge in [0.1, 0.15) is 0 Å². The van der Waals surface area contributed by atoms with Crippen LogP contribution in [0.4, 0.5) is 0 Å². The summed E-state index contributed by atoms with van der Waals surface area (Å²) in [6, 6.07) is 0. The van der Waals surface area contributed by atoms with E-state index >= 15 is 0 Å². The first-order chi connectivity index (χ1) is 5.16. The van der Waals surface area contributed by atoms with Crippen molar-refractivity contribution in [2.45, 2.75) is 0 Å². The summed E-state index contributed by atoms with van der Waals surface area (Å²) in [5, 5.41) is 5.57. The number of terminal acetylenes is 1. The Morgan fingerprint density at radius 2 is 2.27 bits per heavy atom. The largest absolute Gasteiger partial charge is 0.368 e. The highest BCUT2D eigenvalue weighted by Crippen LogP contribution is 1.64. The summed E-state index contributed by atoms with van der Waals surface area (Å²) in [6.45, 7) is 0.362. The van der Waals surface area contributed by atoms with Gasteiger partial charge in [0.2, 0.25) is 5.91 Å². The molecule has 60 valence electrons. The molecule has 0 aliphatic carbocycles. The monoisotopic (exact) mass is 171 g/mol. The van der Waals surface area contributed by atoms with Gasteiger partial charge in [0, 0.05) is 0 Å². The second kappa shape index (κ2) is 5.50. The fraction of sp³-hybridized carbons (Fsp3) is 0.333. The van der Waals surface area contributed by atoms with Crippen molar-refractivity contribution in [2.24, 2.45) is 5.73 Å². The van der Waals surface area contributed by atoms with Gasteiger partial charge in [-0.25, -0.2) is 0 Å². The van der Waals surface area contributed by atoms with E-state index in [1.54, 1.807) is 0 Å². The van der Waals surface area contributed by atoms with Crippen molar-refractivity contribution in [1.82, 2.24) is 10.6 Å². The van der Waals surface area contributed by atoms with E-state index in [4.69, 9.17) is 24.4 Å². The zero-order valence-electron chi connectivity index (χ0n) is 5.89. The smallest absolute Gasteiger partial charge is 0.236 e. The van der Waals surface area contributed by atoms with Crippen LogP contribution in [0, 0.1) is 12.3 Å². The SMILES string of the molecule is C#CCNC(=S)NCC(N)=O. The van der Waals surface area contributed by atoms with Gasteiger partial charge in [0.05, 0.1) is 13.1 Å². The van der Waals surface area contributed by atoms with E-state index in [0.717, 1.165) is 0 Å². The fourth-order valence-corrected chi connectivity index (χ4v) is 0.506. The van der Waals surface area contributed by atoms with E-state index in [1.165, 1.54) is 0 Å². The molecule has 0 aliphatic rings. The summed E-state index contributed by atoms with van der Waals surface area (Å²) in [4.78, 5) is 10.2. The van der Waals surface area contributed by atoms with Gasteiger partial charge in [0.25, 0.3) is 0 Å². The molecule has 0 aromatic carbocycles. The van der Waals surface area contributed by atoms with Crippen LogP contribution in [0.3, 0.4) is 0 Å². The van der Waals surface area contributed by atoms with E-state index in [2.05, 4.69) is 16.6 Å². The molecule has 4 N–H and O–H groups in total. The van der Waals surface area contributed by atoms with Crippen molar-refractivity contribution >= 4 is 23.2 Å². The number of carbonyl (C=O) groups excluding carboxylic acids is 1. The minimum atomic E-state index is -0.463. The highest BCUT2D eigenvalue weighted by molar-refractivity contribution is 7.80. The van der Waals surface area contributed by atoms with Gasteiger partial charge in [-0.05, 0) is 12.2 Å². The number of amides is 1. The third-order valence-electron chi connectivity index (χ3n) is 0.774. The molecule has 4 nitrogen and oxygen atoms in total. The van der Waals surface area contributed by atoms with E-state index in [9.17, 15) is 4.79 Å². The summed E-state index contributed by atoms with van der Waals surface area (Å²) in [6.07, 6.45) is 4.94. The molecule has 0 bridgehead atoms. The number of primary amides is 1. The average Bonchev–Trinajstić information content (AvgIpc) is 1.97. The van der Waals surface area contributed by atoms with Crippen molar-refractivity contribution in [3.63, 3.8) is 0 Å². The summed E-state index contributed by atoms with van der Waals surface area (Å²) >= 11 is 4.71. The number of nitrogens with one attached hydrogen (secondary N) is 2. The Morgan fingerprint density at radius 1 is 1.64 bits per heavy atom. The molecule has 11 heavy (non-hydrogen) atoms. The van der Waals surface area contributed by atoms with Crippen molar-refractivity contribution in [2.75, 3.05) is 13.1 Å². The van der Waals surface area contributed by atoms with Crippen LogP contribution in [0.15, 0.2) is 0 Å². The van der Waals surface area contributed by atoms with Gasteiger partial charge < -0.3 is 16.4 Å². The highest BCUT2D eigenvalue weighted by Gasteiger charge is 1.94. The maximum Gasteiger partial charge on any atom is 0.236 e. The topological polar surface area (TPSA) is 67.2 Å². The molecule has 0 heterocycles. The molecule has 0 aromatic heterocycles. The Bertz CT molecular complexity index is 196. The average molecular weight is 171 g/mol. The van der Waals surface area contributed by atoms with Gasteiger partial charge in [-0.15, -0.1) is 6.42 Å². The zero-order valence-corrected chi connectivity index (χ0v) is 6.70. The molecule has 1 amide bonds. The number of nitrogens with two attached hydrogens (primary N) is 1. The van der Waals surface area contributed by atoms with Crippen LogP contribution in [0.5, 0.6) is 0 Å². The number of carbonyl (C=O) groups is 1. The van der Waals surface area contributed by atoms with Crippen molar-refractivity contribution in [3.05, 3.63) is 0 Å². The first-order valence-electron chi connectivity index (χ1n) is 2.90. The molecule has 5 heteroatoms. The lowest BCUT2D eigenvalue weighted by Crippen LogP contribution is -2.40. The molecule has 0 saturated carbocycles. The minimum absolute atomic E-state index is 0.0242. The van der Waals surface area contributed by atoms with Crippen LogP contribution in [0.1, 0.15) is 0 Å². The molecule has 0 spiro atoms. The van der Waals surface area contributed by atoms with Crippen LogP contribution < -0.4 is 16.4 Å². The third-order valence-corrected chi connectivity index (χ3v) is 1.06. The van der Waals surface area contributed by atoms with Crippen LogP contribution in [-0.2, 0) is 4.79 Å². The standard InChI is InChI=1S/C6H9N3OS/c1-2-3-8-6(11)9-4-5(7)10/h1H,3-4H2,(H2,7,10)(H2,8,9,11). The Morgan fingerprint density at radius 3 is 2.73 bits per heavy atom. The third kappa shape index (κ3) is 6.61. The van der Waals surface area contributed by atoms with Crippen molar-refractivity contribution < 1.29 is 4.79 Å². The van der Waals surface area contributed by atoms with Gasteiger partial charge in [-0.1, -0.05) is 5.92 Å². The molecule has 0 atom stereocenters. The molecule has 0 saturated heterocycles. The molecule has 0 rings (SSSR count). The maximum absolute atomic E-state index is 10.2. The quantitative estimate of drug-likeness (QED) is 0.360. The number of hydrogen-bond donors (Lipinski definition) is 3. The lowest BCUT2D eigenvalue weighted by atomic mass is 10.6. The van der Waals surface area contributed by atoms with Crippen molar-refractivity contribution in [3.8, 4) is 12.3 Å². The second-order valence-electron chi connectivity index (χ2n) is 1.71. The van der Waals surface area contributed by atoms with Gasteiger partial charge in [0.15, 0.2) is 5.11 Å². The number of thiocarbonyl (C=S) groups is 1. The first-order valence-corrected chi connectivity index (χ1v) is 3.31. The predicted molar refractivity (Wildman–Crippen MR) is 46.6 cm³/mol. The van der Waals surface area contributed by atoms with E-state index < -0.39 is 5.91 Å². The lowest BCUT2D eigenvalue weighted by molar-refractivity contribution is -0.116.